The highest BCUT2D eigenvalue weighted by atomic mass is 31.1. The summed E-state index contributed by atoms with van der Waals surface area (Å²) in [5.41, 5.74) is 0.334. The summed E-state index contributed by atoms with van der Waals surface area (Å²) >= 11 is 0. The van der Waals surface area contributed by atoms with E-state index in [2.05, 4.69) is 41.2 Å². The van der Waals surface area contributed by atoms with Crippen LogP contribution in [0.4, 0.5) is 36.3 Å². The highest BCUT2D eigenvalue weighted by Crippen LogP contribution is 2.37. The first kappa shape index (κ1) is 33.3. The van der Waals surface area contributed by atoms with Crippen molar-refractivity contribution in [2.45, 2.75) is 38.6 Å². The van der Waals surface area contributed by atoms with Crippen molar-refractivity contribution in [3.05, 3.63) is 59.5 Å². The lowest BCUT2D eigenvalue weighted by atomic mass is 10.2. The molecule has 4 N–H and O–H groups in total. The number of aliphatic hydroxyl groups is 1. The molecule has 0 saturated carbocycles. The molecule has 4 aromatic rings. The number of benzene rings is 1. The molecule has 0 bridgehead atoms. The summed E-state index contributed by atoms with van der Waals surface area (Å²) in [6.07, 6.45) is -0.311. The van der Waals surface area contributed by atoms with E-state index in [4.69, 9.17) is 9.84 Å². The van der Waals surface area contributed by atoms with Crippen molar-refractivity contribution in [2.75, 3.05) is 37.6 Å². The van der Waals surface area contributed by atoms with Gasteiger partial charge in [0.05, 0.1) is 38.2 Å². The average Bonchev–Trinajstić information content (AvgIpc) is 3.49. The summed E-state index contributed by atoms with van der Waals surface area (Å²) in [4.78, 5) is 25.0. The van der Waals surface area contributed by atoms with Crippen molar-refractivity contribution in [1.29, 1.82) is 0 Å². The molecule has 13 nitrogen and oxygen atoms in total. The van der Waals surface area contributed by atoms with Gasteiger partial charge in [-0.15, -0.1) is 5.10 Å². The Balaban J connectivity index is 1.67. The van der Waals surface area contributed by atoms with E-state index in [1.807, 2.05) is 6.92 Å². The lowest BCUT2D eigenvalue weighted by Gasteiger charge is -2.17. The van der Waals surface area contributed by atoms with Crippen LogP contribution in [-0.2, 0) is 23.4 Å². The van der Waals surface area contributed by atoms with Crippen LogP contribution in [-0.4, -0.2) is 67.9 Å². The number of pyridine rings is 1. The van der Waals surface area contributed by atoms with Crippen molar-refractivity contribution in [1.82, 2.24) is 35.3 Å². The number of halogens is 3. The summed E-state index contributed by atoms with van der Waals surface area (Å²) in [7, 11) is 1.01. The number of methoxy groups -OCH3 is 1. The van der Waals surface area contributed by atoms with E-state index in [0.717, 1.165) is 12.0 Å². The van der Waals surface area contributed by atoms with Gasteiger partial charge in [-0.25, -0.2) is 9.97 Å². The maximum absolute atomic E-state index is 14.0. The van der Waals surface area contributed by atoms with E-state index in [1.54, 1.807) is 24.4 Å². The van der Waals surface area contributed by atoms with Gasteiger partial charge in [-0.1, -0.05) is 18.2 Å². The minimum atomic E-state index is -4.83. The molecule has 17 heteroatoms. The first-order chi connectivity index (χ1) is 21.6. The van der Waals surface area contributed by atoms with Crippen LogP contribution in [0.15, 0.2) is 42.7 Å². The predicted molar refractivity (Wildman–Crippen MR) is 163 cm³/mol. The topological polar surface area (TPSA) is 169 Å². The Morgan fingerprint density at radius 3 is 2.58 bits per heavy atom. The van der Waals surface area contributed by atoms with Gasteiger partial charge in [0.2, 0.25) is 5.95 Å². The Bertz CT molecular complexity index is 1670. The van der Waals surface area contributed by atoms with Gasteiger partial charge in [-0.2, -0.15) is 18.2 Å². The lowest BCUT2D eigenvalue weighted by molar-refractivity contribution is -0.137. The Labute approximate surface area is 257 Å². The van der Waals surface area contributed by atoms with Gasteiger partial charge in [0, 0.05) is 32.6 Å². The number of hydrogen-bond acceptors (Lipinski definition) is 11. The first-order valence-electron chi connectivity index (χ1n) is 14.0. The largest absolute Gasteiger partial charge is 0.495 e. The Morgan fingerprint density at radius 1 is 1.11 bits per heavy atom. The number of anilines is 4. The Kier molecular flexibility index (Phi) is 11.1. The number of hydrogen-bond donors (Lipinski definition) is 4. The highest BCUT2D eigenvalue weighted by molar-refractivity contribution is 7.43. The molecule has 0 aliphatic heterocycles. The van der Waals surface area contributed by atoms with Crippen LogP contribution in [0.1, 0.15) is 41.4 Å². The van der Waals surface area contributed by atoms with Gasteiger partial charge in [0.1, 0.15) is 22.8 Å². The fourth-order valence-electron chi connectivity index (χ4n) is 4.29. The van der Waals surface area contributed by atoms with Crippen LogP contribution >= 0.6 is 7.80 Å². The summed E-state index contributed by atoms with van der Waals surface area (Å²) in [6.45, 7) is 2.34. The van der Waals surface area contributed by atoms with Crippen LogP contribution in [0.5, 0.6) is 5.75 Å². The molecule has 0 spiro atoms. The second-order valence-corrected chi connectivity index (χ2v) is 11.8. The maximum Gasteiger partial charge on any atom is 0.421 e. The number of alkyl halides is 3. The zero-order chi connectivity index (χ0) is 32.6. The number of nitrogens with one attached hydrogen (secondary N) is 3. The number of ether oxygens (including phenoxy) is 1. The zero-order valence-electron chi connectivity index (χ0n) is 24.8. The van der Waals surface area contributed by atoms with E-state index < -0.39 is 31.3 Å². The van der Waals surface area contributed by atoms with Crippen LogP contribution < -0.4 is 20.7 Å². The molecule has 1 unspecified atom stereocenters. The quantitative estimate of drug-likeness (QED) is 0.138. The van der Waals surface area contributed by atoms with E-state index >= 15 is 0 Å². The van der Waals surface area contributed by atoms with Gasteiger partial charge in [0.25, 0.3) is 5.91 Å². The third-order valence-corrected chi connectivity index (χ3v) is 8.33. The van der Waals surface area contributed by atoms with E-state index in [0.29, 0.717) is 48.6 Å². The molecule has 1 atom stereocenters. The van der Waals surface area contributed by atoms with Gasteiger partial charge in [0.15, 0.2) is 5.69 Å². The number of rotatable bonds is 14. The summed E-state index contributed by atoms with van der Waals surface area (Å²) in [5.74, 6) is -1.10. The lowest BCUT2D eigenvalue weighted by Crippen LogP contribution is -2.21. The number of aliphatic hydroxyl groups excluding tert-OH is 1. The van der Waals surface area contributed by atoms with Gasteiger partial charge in [-0.05, 0) is 48.8 Å². The number of carbonyl (C=O) groups is 1. The fraction of sp³-hybridized carbons (Fsp3) is 0.357. The van der Waals surface area contributed by atoms with E-state index in [1.165, 1.54) is 31.0 Å². The van der Waals surface area contributed by atoms with Gasteiger partial charge >= 0.3 is 6.18 Å². The average molecular weight is 648 g/mol. The van der Waals surface area contributed by atoms with Crippen LogP contribution in [0.25, 0.3) is 11.4 Å². The minimum absolute atomic E-state index is 0.0301. The van der Waals surface area contributed by atoms with Crippen molar-refractivity contribution in [2.24, 2.45) is 0 Å². The summed E-state index contributed by atoms with van der Waals surface area (Å²) < 4.78 is 61.3. The number of amides is 1. The Hall–Kier alpha value is -4.56. The second-order valence-electron chi connectivity index (χ2n) is 9.82. The third kappa shape index (κ3) is 8.54. The van der Waals surface area contributed by atoms with Crippen LogP contribution in [0.3, 0.4) is 0 Å². The molecule has 1 aromatic carbocycles. The number of nitrogens with zero attached hydrogens (tertiary/aromatic N) is 6. The highest BCUT2D eigenvalue weighted by Gasteiger charge is 2.36. The van der Waals surface area contributed by atoms with Gasteiger partial charge in [-0.3, -0.25) is 9.48 Å². The maximum atomic E-state index is 14.0. The fourth-order valence-corrected chi connectivity index (χ4v) is 5.70. The zero-order valence-corrected chi connectivity index (χ0v) is 25.8. The minimum Gasteiger partial charge on any atom is -0.495 e. The first-order valence-corrected chi connectivity index (χ1v) is 15.8. The van der Waals surface area contributed by atoms with Crippen LogP contribution in [0.2, 0.25) is 0 Å². The number of aromatic nitrogens is 6. The molecule has 3 aromatic heterocycles. The number of carbonyl (C=O) groups excluding carboxylic acids is 1. The molecule has 0 fully saturated rings. The molecule has 1 amide bonds. The van der Waals surface area contributed by atoms with E-state index in [9.17, 15) is 22.5 Å². The molecule has 3 heterocycles. The van der Waals surface area contributed by atoms with Gasteiger partial charge < -0.3 is 30.4 Å². The summed E-state index contributed by atoms with van der Waals surface area (Å²) in [5, 5.41) is 25.0. The van der Waals surface area contributed by atoms with Crippen LogP contribution in [0, 0.1) is 0 Å². The molecule has 240 valence electrons. The van der Waals surface area contributed by atoms with Crippen molar-refractivity contribution in [3.63, 3.8) is 0 Å². The van der Waals surface area contributed by atoms with Crippen molar-refractivity contribution >= 4 is 36.8 Å². The monoisotopic (exact) mass is 647 g/mol. The molecule has 0 saturated heterocycles. The predicted octanol–water partition coefficient (Wildman–Crippen LogP) is 4.86. The number of aryl methyl sites for hydroxylation is 1. The second kappa shape index (κ2) is 14.9. The van der Waals surface area contributed by atoms with Crippen molar-refractivity contribution < 1.29 is 32.4 Å². The standard InChI is InChI=1S/C28H33F3N9O4P/c1-4-12-45(43)16-17-6-7-20(23(13-17)44-3)36-27-33-14-18(28(29,30)31)25(37-27)35-21-9-8-19(34-24(21)26(42)32-2)22-15-40(39-38-22)10-5-11-41/h6-9,13-15,41,45H,4-5,10-12,16H2,1-3H3,(H,32,42)(H2,33,35,36,37). The van der Waals surface area contributed by atoms with Crippen molar-refractivity contribution in [3.8, 4) is 17.1 Å². The third-order valence-electron chi connectivity index (χ3n) is 6.47. The summed E-state index contributed by atoms with van der Waals surface area (Å²) in [6, 6.07) is 7.97. The molecular formula is C28H33F3N9O4P. The normalized spacial score (nSPS) is 12.1. The molecule has 0 aliphatic carbocycles. The molecule has 4 rings (SSSR count). The molecule has 0 aliphatic rings. The smallest absolute Gasteiger partial charge is 0.421 e. The Morgan fingerprint density at radius 2 is 1.89 bits per heavy atom. The molecule has 0 radical (unpaired) electrons. The van der Waals surface area contributed by atoms with E-state index in [-0.39, 0.29) is 29.6 Å². The molecular weight excluding hydrogens is 614 g/mol. The SMILES string of the molecule is CCC[PH](=O)Cc1ccc(Nc2ncc(C(F)(F)F)c(Nc3ccc(-c4cn(CCCO)nn4)nc3C(=O)NC)n2)c(OC)c1. The molecule has 45 heavy (non-hydrogen) atoms.